The van der Waals surface area contributed by atoms with Crippen molar-refractivity contribution in [2.45, 2.75) is 32.6 Å². The van der Waals surface area contributed by atoms with Crippen LogP contribution in [-0.4, -0.2) is 22.1 Å². The molecule has 0 aliphatic rings. The SMILES string of the molecule is CC(C)(C)c1ccc(/C=N\NC(=O)Cc2cc(=O)[nH]c(=S)[nH]2)cc1. The van der Waals surface area contributed by atoms with Gasteiger partial charge >= 0.3 is 0 Å². The Morgan fingerprint density at radius 1 is 1.25 bits per heavy atom. The summed E-state index contributed by atoms with van der Waals surface area (Å²) >= 11 is 4.86. The molecule has 3 N–H and O–H groups in total. The maximum absolute atomic E-state index is 11.8. The number of H-pyrrole nitrogens is 2. The molecule has 0 saturated heterocycles. The summed E-state index contributed by atoms with van der Waals surface area (Å²) in [4.78, 5) is 28.3. The molecule has 0 bridgehead atoms. The number of hydrazone groups is 1. The van der Waals surface area contributed by atoms with E-state index in [1.165, 1.54) is 11.6 Å². The predicted octanol–water partition coefficient (Wildman–Crippen LogP) is 2.42. The topological polar surface area (TPSA) is 90.1 Å². The average molecular weight is 344 g/mol. The minimum absolute atomic E-state index is 0.00609. The summed E-state index contributed by atoms with van der Waals surface area (Å²) in [6.45, 7) is 6.45. The van der Waals surface area contributed by atoms with Crippen LogP contribution in [0.5, 0.6) is 0 Å². The first-order valence-corrected chi connectivity index (χ1v) is 7.90. The number of nitrogens with one attached hydrogen (secondary N) is 3. The Morgan fingerprint density at radius 2 is 1.92 bits per heavy atom. The first-order chi connectivity index (χ1) is 11.2. The molecule has 0 atom stereocenters. The average Bonchev–Trinajstić information content (AvgIpc) is 2.45. The number of nitrogens with zero attached hydrogens (tertiary/aromatic N) is 1. The van der Waals surface area contributed by atoms with E-state index in [0.29, 0.717) is 5.69 Å². The summed E-state index contributed by atoms with van der Waals surface area (Å²) in [6.07, 6.45) is 1.57. The highest BCUT2D eigenvalue weighted by molar-refractivity contribution is 7.71. The van der Waals surface area contributed by atoms with Gasteiger partial charge in [-0.25, -0.2) is 5.43 Å². The van der Waals surface area contributed by atoms with Crippen molar-refractivity contribution in [2.24, 2.45) is 5.10 Å². The standard InChI is InChI=1S/C17H20N4O2S/c1-17(2,3)12-6-4-11(5-7-12)10-18-21-15(23)9-13-8-14(22)20-16(24)19-13/h4-8,10H,9H2,1-3H3,(H,21,23)(H2,19,20,22,24)/b18-10-. The largest absolute Gasteiger partial charge is 0.335 e. The van der Waals surface area contributed by atoms with Crippen LogP contribution in [-0.2, 0) is 16.6 Å². The normalized spacial score (nSPS) is 11.6. The molecule has 2 rings (SSSR count). The highest BCUT2D eigenvalue weighted by Crippen LogP contribution is 2.21. The Kier molecular flexibility index (Phi) is 5.46. The smallest absolute Gasteiger partial charge is 0.251 e. The third-order valence-corrected chi connectivity index (χ3v) is 3.55. The van der Waals surface area contributed by atoms with Crippen molar-refractivity contribution in [1.29, 1.82) is 0 Å². The lowest BCUT2D eigenvalue weighted by Crippen LogP contribution is -2.21. The summed E-state index contributed by atoms with van der Waals surface area (Å²) in [5.74, 6) is -0.339. The van der Waals surface area contributed by atoms with Crippen molar-refractivity contribution in [3.05, 3.63) is 62.3 Å². The third-order valence-electron chi connectivity index (χ3n) is 3.35. The van der Waals surface area contributed by atoms with E-state index in [0.717, 1.165) is 5.56 Å². The van der Waals surface area contributed by atoms with Crippen molar-refractivity contribution in [3.63, 3.8) is 0 Å². The lowest BCUT2D eigenvalue weighted by molar-refractivity contribution is -0.120. The van der Waals surface area contributed by atoms with Gasteiger partial charge in [0.25, 0.3) is 5.56 Å². The van der Waals surface area contributed by atoms with Gasteiger partial charge in [-0.2, -0.15) is 5.10 Å². The zero-order valence-corrected chi connectivity index (χ0v) is 14.7. The summed E-state index contributed by atoms with van der Waals surface area (Å²) < 4.78 is 0.188. The van der Waals surface area contributed by atoms with E-state index in [9.17, 15) is 9.59 Å². The minimum Gasteiger partial charge on any atom is -0.335 e. The maximum Gasteiger partial charge on any atom is 0.251 e. The summed E-state index contributed by atoms with van der Waals surface area (Å²) in [6, 6.07) is 9.28. The van der Waals surface area contributed by atoms with E-state index in [-0.39, 0.29) is 28.1 Å². The number of aromatic amines is 2. The third kappa shape index (κ3) is 5.27. The van der Waals surface area contributed by atoms with Crippen molar-refractivity contribution >= 4 is 24.3 Å². The molecule has 1 aromatic heterocycles. The highest BCUT2D eigenvalue weighted by atomic mass is 32.1. The summed E-state index contributed by atoms with van der Waals surface area (Å²) in [7, 11) is 0. The van der Waals surface area contributed by atoms with Crippen LogP contribution in [0.1, 0.15) is 37.6 Å². The van der Waals surface area contributed by atoms with Crippen LogP contribution in [0.25, 0.3) is 0 Å². The highest BCUT2D eigenvalue weighted by Gasteiger charge is 2.12. The molecule has 6 nitrogen and oxygen atoms in total. The van der Waals surface area contributed by atoms with Gasteiger partial charge in [0.2, 0.25) is 5.91 Å². The Bertz CT molecular complexity index is 829. The van der Waals surface area contributed by atoms with Gasteiger partial charge in [0.1, 0.15) is 0 Å². The number of hydrogen-bond acceptors (Lipinski definition) is 4. The molecule has 0 spiro atoms. The van der Waals surface area contributed by atoms with Crippen LogP contribution in [0.4, 0.5) is 0 Å². The molecule has 24 heavy (non-hydrogen) atoms. The first-order valence-electron chi connectivity index (χ1n) is 7.49. The zero-order valence-electron chi connectivity index (χ0n) is 13.8. The second kappa shape index (κ2) is 7.35. The van der Waals surface area contributed by atoms with E-state index < -0.39 is 0 Å². The van der Waals surface area contributed by atoms with E-state index in [1.807, 2.05) is 24.3 Å². The molecule has 1 amide bonds. The molecule has 2 aromatic rings. The van der Waals surface area contributed by atoms with Gasteiger partial charge in [-0.05, 0) is 28.8 Å². The second-order valence-corrected chi connectivity index (χ2v) is 6.86. The lowest BCUT2D eigenvalue weighted by Gasteiger charge is -2.18. The van der Waals surface area contributed by atoms with Crippen molar-refractivity contribution in [2.75, 3.05) is 0 Å². The molecular formula is C17H20N4O2S. The molecule has 126 valence electrons. The van der Waals surface area contributed by atoms with Gasteiger partial charge in [-0.3, -0.25) is 14.6 Å². The molecule has 1 heterocycles. The van der Waals surface area contributed by atoms with E-state index >= 15 is 0 Å². The fourth-order valence-corrected chi connectivity index (χ4v) is 2.31. The Balaban J connectivity index is 1.94. The van der Waals surface area contributed by atoms with Crippen LogP contribution >= 0.6 is 12.2 Å². The molecule has 0 unspecified atom stereocenters. The molecule has 0 aliphatic heterocycles. The number of carbonyl (C=O) groups excluding carboxylic acids is 1. The fraction of sp³-hybridized carbons (Fsp3) is 0.294. The van der Waals surface area contributed by atoms with Crippen molar-refractivity contribution in [3.8, 4) is 0 Å². The van der Waals surface area contributed by atoms with Crippen LogP contribution in [0.3, 0.4) is 0 Å². The number of amides is 1. The zero-order chi connectivity index (χ0) is 17.7. The van der Waals surface area contributed by atoms with Crippen molar-refractivity contribution in [1.82, 2.24) is 15.4 Å². The Labute approximate surface area is 145 Å². The number of benzene rings is 1. The molecule has 0 saturated carbocycles. The molecule has 0 aliphatic carbocycles. The van der Waals surface area contributed by atoms with Crippen molar-refractivity contribution < 1.29 is 4.79 Å². The molecule has 7 heteroatoms. The molecule has 0 fully saturated rings. The van der Waals surface area contributed by atoms with Crippen LogP contribution in [0.15, 0.2) is 40.2 Å². The maximum atomic E-state index is 11.8. The summed E-state index contributed by atoms with van der Waals surface area (Å²) in [5.41, 5.74) is 4.73. The minimum atomic E-state index is -0.344. The molecule has 1 aromatic carbocycles. The van der Waals surface area contributed by atoms with E-state index in [2.05, 4.69) is 41.3 Å². The molecular weight excluding hydrogens is 324 g/mol. The van der Waals surface area contributed by atoms with E-state index in [1.54, 1.807) is 6.21 Å². The quantitative estimate of drug-likeness (QED) is 0.452. The lowest BCUT2D eigenvalue weighted by atomic mass is 9.87. The van der Waals surface area contributed by atoms with Gasteiger partial charge in [-0.1, -0.05) is 45.0 Å². The fourth-order valence-electron chi connectivity index (χ4n) is 2.08. The number of hydrogen-bond donors (Lipinski definition) is 3. The first kappa shape index (κ1) is 17.8. The second-order valence-electron chi connectivity index (χ2n) is 6.45. The summed E-state index contributed by atoms with van der Waals surface area (Å²) in [5, 5.41) is 3.92. The van der Waals surface area contributed by atoms with Gasteiger partial charge in [0, 0.05) is 11.8 Å². The Morgan fingerprint density at radius 3 is 2.50 bits per heavy atom. The number of rotatable bonds is 4. The number of aromatic nitrogens is 2. The molecule has 0 radical (unpaired) electrons. The van der Waals surface area contributed by atoms with Gasteiger partial charge in [-0.15, -0.1) is 0 Å². The van der Waals surface area contributed by atoms with Gasteiger partial charge in [0.05, 0.1) is 12.6 Å². The van der Waals surface area contributed by atoms with Crippen LogP contribution < -0.4 is 11.0 Å². The predicted molar refractivity (Wildman–Crippen MR) is 96.8 cm³/mol. The Hall–Kier alpha value is -2.54. The van der Waals surface area contributed by atoms with Crippen LogP contribution in [0, 0.1) is 4.77 Å². The van der Waals surface area contributed by atoms with Crippen LogP contribution in [0.2, 0.25) is 0 Å². The van der Waals surface area contributed by atoms with E-state index in [4.69, 9.17) is 12.2 Å². The van der Waals surface area contributed by atoms with Gasteiger partial charge in [0.15, 0.2) is 4.77 Å². The van der Waals surface area contributed by atoms with Gasteiger partial charge < -0.3 is 4.98 Å². The number of carbonyl (C=O) groups is 1. The monoisotopic (exact) mass is 344 g/mol.